The predicted molar refractivity (Wildman–Crippen MR) is 183 cm³/mol. The molecule has 0 bridgehead atoms. The largest absolute Gasteiger partial charge is 0.481 e. The lowest BCUT2D eigenvalue weighted by Crippen LogP contribution is -2.38. The van der Waals surface area contributed by atoms with Crippen LogP contribution in [0.25, 0.3) is 22.6 Å². The molecule has 1 aliphatic heterocycles. The smallest absolute Gasteiger partial charge is 0.303 e. The Kier molecular flexibility index (Phi) is 10.7. The summed E-state index contributed by atoms with van der Waals surface area (Å²) >= 11 is 1.49. The normalized spacial score (nSPS) is 19.1. The molecule has 10 heteroatoms. The van der Waals surface area contributed by atoms with Gasteiger partial charge in [-0.2, -0.15) is 0 Å². The van der Waals surface area contributed by atoms with Crippen molar-refractivity contribution < 1.29 is 33.7 Å². The van der Waals surface area contributed by atoms with Crippen molar-refractivity contribution in [2.45, 2.75) is 50.1 Å². The first kappa shape index (κ1) is 33.2. The Morgan fingerprint density at radius 3 is 2.10 bits per heavy atom. The number of aliphatic hydroxyl groups is 1. The van der Waals surface area contributed by atoms with Gasteiger partial charge < -0.3 is 29.4 Å². The zero-order chi connectivity index (χ0) is 33.5. The minimum atomic E-state index is -1.02. The van der Waals surface area contributed by atoms with Crippen molar-refractivity contribution in [3.05, 3.63) is 126 Å². The number of hydrogen-bond donors (Lipinski definition) is 3. The second-order valence-corrected chi connectivity index (χ2v) is 12.6. The third-order valence-corrected chi connectivity index (χ3v) is 9.13. The van der Waals surface area contributed by atoms with Crippen molar-refractivity contribution in [2.24, 2.45) is 5.92 Å². The van der Waals surface area contributed by atoms with E-state index in [1.807, 2.05) is 97.1 Å². The number of anilines is 1. The molecule has 0 saturated carbocycles. The Balaban J connectivity index is 1.23. The van der Waals surface area contributed by atoms with Crippen molar-refractivity contribution in [1.29, 1.82) is 0 Å². The number of aliphatic carboxylic acids is 1. The van der Waals surface area contributed by atoms with E-state index in [4.69, 9.17) is 24.0 Å². The summed E-state index contributed by atoms with van der Waals surface area (Å²) in [6.45, 7) is 2.06. The highest BCUT2D eigenvalue weighted by Gasteiger charge is 2.38. The van der Waals surface area contributed by atoms with E-state index in [9.17, 15) is 14.7 Å². The monoisotopic (exact) mass is 664 g/mol. The average Bonchev–Trinajstić information content (AvgIpc) is 3.56. The molecule has 4 unspecified atom stereocenters. The number of thioether (sulfide) groups is 1. The molecule has 9 nitrogen and oxygen atoms in total. The lowest BCUT2D eigenvalue weighted by Gasteiger charge is -2.41. The molecular weight excluding hydrogens is 628 g/mol. The molecule has 4 atom stereocenters. The number of benzene rings is 4. The summed E-state index contributed by atoms with van der Waals surface area (Å²) in [5.74, 6) is -0.179. The molecule has 1 fully saturated rings. The van der Waals surface area contributed by atoms with Crippen LogP contribution in [0.3, 0.4) is 0 Å². The van der Waals surface area contributed by atoms with Gasteiger partial charge in [0, 0.05) is 40.5 Å². The molecule has 1 amide bonds. The van der Waals surface area contributed by atoms with Gasteiger partial charge in [-0.3, -0.25) is 9.59 Å². The number of carbonyl (C=O) groups excluding carboxylic acids is 1. The molecular formula is C38H36N2O7S. The van der Waals surface area contributed by atoms with Crippen LogP contribution in [-0.2, 0) is 25.7 Å². The fourth-order valence-corrected chi connectivity index (χ4v) is 6.56. The van der Waals surface area contributed by atoms with Crippen LogP contribution >= 0.6 is 11.8 Å². The Morgan fingerprint density at radius 1 is 0.812 bits per heavy atom. The lowest BCUT2D eigenvalue weighted by atomic mass is 9.91. The van der Waals surface area contributed by atoms with E-state index in [0.717, 1.165) is 33.5 Å². The SMILES string of the molecule is CC1C(CSc2nc(-c3ccccc3)c(-c3ccccc3)o2)OC(c2ccc(NC(=O)CCC(=O)O)cc2)OC1c1ccc(CO)cc1. The van der Waals surface area contributed by atoms with Crippen molar-refractivity contribution in [2.75, 3.05) is 11.1 Å². The van der Waals surface area contributed by atoms with E-state index >= 15 is 0 Å². The molecule has 246 valence electrons. The zero-order valence-corrected chi connectivity index (χ0v) is 27.1. The van der Waals surface area contributed by atoms with E-state index in [1.165, 1.54) is 11.8 Å². The van der Waals surface area contributed by atoms with E-state index < -0.39 is 12.3 Å². The number of nitrogens with zero attached hydrogens (tertiary/aromatic N) is 1. The van der Waals surface area contributed by atoms with Crippen LogP contribution in [0.1, 0.15) is 48.8 Å². The predicted octanol–water partition coefficient (Wildman–Crippen LogP) is 7.89. The topological polar surface area (TPSA) is 131 Å². The molecule has 6 rings (SSSR count). The molecule has 1 aliphatic rings. The number of carboxylic acid groups (broad SMARTS) is 1. The molecule has 1 saturated heterocycles. The van der Waals surface area contributed by atoms with Crippen LogP contribution in [0, 0.1) is 5.92 Å². The summed E-state index contributed by atoms with van der Waals surface area (Å²) < 4.78 is 19.5. The number of carbonyl (C=O) groups is 2. The number of aliphatic hydroxyl groups excluding tert-OH is 1. The third kappa shape index (κ3) is 8.03. The summed E-state index contributed by atoms with van der Waals surface area (Å²) in [4.78, 5) is 27.9. The molecule has 0 aliphatic carbocycles. The van der Waals surface area contributed by atoms with Crippen LogP contribution in [-0.4, -0.2) is 38.9 Å². The van der Waals surface area contributed by atoms with Crippen LogP contribution in [0.5, 0.6) is 0 Å². The lowest BCUT2D eigenvalue weighted by molar-refractivity contribution is -0.268. The minimum Gasteiger partial charge on any atom is -0.481 e. The minimum absolute atomic E-state index is 0.0429. The maximum absolute atomic E-state index is 12.1. The van der Waals surface area contributed by atoms with Gasteiger partial charge in [-0.05, 0) is 23.3 Å². The first-order valence-corrected chi connectivity index (χ1v) is 16.7. The fraction of sp³-hybridized carbons (Fsp3) is 0.237. The Labute approximate surface area is 282 Å². The highest BCUT2D eigenvalue weighted by Crippen LogP contribution is 2.44. The molecule has 48 heavy (non-hydrogen) atoms. The number of rotatable bonds is 12. The summed E-state index contributed by atoms with van der Waals surface area (Å²) in [7, 11) is 0. The van der Waals surface area contributed by atoms with Crippen LogP contribution in [0.4, 0.5) is 5.69 Å². The number of carboxylic acids is 1. The molecule has 5 aromatic rings. The number of amides is 1. The van der Waals surface area contributed by atoms with Gasteiger partial charge in [-0.25, -0.2) is 4.98 Å². The number of ether oxygens (including phenoxy) is 2. The molecule has 0 radical (unpaired) electrons. The maximum Gasteiger partial charge on any atom is 0.303 e. The highest BCUT2D eigenvalue weighted by atomic mass is 32.2. The van der Waals surface area contributed by atoms with Crippen molar-refractivity contribution in [1.82, 2.24) is 4.98 Å². The van der Waals surface area contributed by atoms with E-state index in [-0.39, 0.29) is 43.5 Å². The second-order valence-electron chi connectivity index (χ2n) is 11.6. The van der Waals surface area contributed by atoms with Gasteiger partial charge in [0.15, 0.2) is 12.1 Å². The highest BCUT2D eigenvalue weighted by molar-refractivity contribution is 7.99. The van der Waals surface area contributed by atoms with Crippen molar-refractivity contribution in [3.63, 3.8) is 0 Å². The number of hydrogen-bond acceptors (Lipinski definition) is 8. The number of oxazole rings is 1. The van der Waals surface area contributed by atoms with Gasteiger partial charge in [0.25, 0.3) is 5.22 Å². The molecule has 3 N–H and O–H groups in total. The Bertz CT molecular complexity index is 1760. The second kappa shape index (κ2) is 15.4. The third-order valence-electron chi connectivity index (χ3n) is 8.22. The van der Waals surface area contributed by atoms with Gasteiger partial charge >= 0.3 is 5.97 Å². The quantitative estimate of drug-likeness (QED) is 0.114. The van der Waals surface area contributed by atoms with Crippen LogP contribution < -0.4 is 5.32 Å². The molecule has 4 aromatic carbocycles. The Morgan fingerprint density at radius 2 is 1.46 bits per heavy atom. The van der Waals surface area contributed by atoms with Gasteiger partial charge in [0.2, 0.25) is 5.91 Å². The Hall–Kier alpha value is -4.74. The van der Waals surface area contributed by atoms with E-state index in [1.54, 1.807) is 12.1 Å². The van der Waals surface area contributed by atoms with Gasteiger partial charge in [-0.1, -0.05) is 116 Å². The maximum atomic E-state index is 12.1. The number of aromatic nitrogens is 1. The molecule has 2 heterocycles. The van der Waals surface area contributed by atoms with Crippen LogP contribution in [0.15, 0.2) is 119 Å². The summed E-state index contributed by atoms with van der Waals surface area (Å²) in [6, 6.07) is 34.8. The molecule has 1 aromatic heterocycles. The summed E-state index contributed by atoms with van der Waals surface area (Å²) in [5, 5.41) is 21.7. The van der Waals surface area contributed by atoms with E-state index in [0.29, 0.717) is 22.4 Å². The number of nitrogens with one attached hydrogen (secondary N) is 1. The van der Waals surface area contributed by atoms with Crippen LogP contribution in [0.2, 0.25) is 0 Å². The standard InChI is InChI=1S/C38H36N2O7S/c1-24-31(23-48-38-40-34(26-8-4-2-5-9-26)36(47-38)27-10-6-3-7-11-27)45-37(46-35(24)28-14-12-25(22-41)13-15-28)29-16-18-30(19-17-29)39-32(42)20-21-33(43)44/h2-19,24,31,35,37,41H,20-23H2,1H3,(H,39,42)(H,43,44). The fourth-order valence-electron chi connectivity index (χ4n) is 5.57. The summed E-state index contributed by atoms with van der Waals surface area (Å²) in [6.07, 6.45) is -1.60. The van der Waals surface area contributed by atoms with Gasteiger partial charge in [0.1, 0.15) is 5.69 Å². The van der Waals surface area contributed by atoms with Gasteiger partial charge in [-0.15, -0.1) is 0 Å². The average molecular weight is 665 g/mol. The first-order valence-electron chi connectivity index (χ1n) is 15.7. The summed E-state index contributed by atoms with van der Waals surface area (Å²) in [5.41, 5.74) is 5.80. The van der Waals surface area contributed by atoms with E-state index in [2.05, 4.69) is 12.2 Å². The van der Waals surface area contributed by atoms with Gasteiger partial charge in [0.05, 0.1) is 25.2 Å². The van der Waals surface area contributed by atoms with Crippen molar-refractivity contribution >= 4 is 29.3 Å². The zero-order valence-electron chi connectivity index (χ0n) is 26.3. The molecule has 0 spiro atoms. The first-order chi connectivity index (χ1) is 23.4. The van der Waals surface area contributed by atoms with Crippen molar-refractivity contribution in [3.8, 4) is 22.6 Å².